The van der Waals surface area contributed by atoms with Crippen LogP contribution in [0.4, 0.5) is 4.79 Å². The minimum absolute atomic E-state index is 0.102. The van der Waals surface area contributed by atoms with E-state index >= 15 is 0 Å². The minimum Gasteiger partial charge on any atom is -0.449 e. The van der Waals surface area contributed by atoms with Gasteiger partial charge in [-0.3, -0.25) is 0 Å². The van der Waals surface area contributed by atoms with Crippen LogP contribution in [0.5, 0.6) is 0 Å². The van der Waals surface area contributed by atoms with Crippen LogP contribution in [0.15, 0.2) is 0 Å². The topological polar surface area (TPSA) is 32.8 Å². The van der Waals surface area contributed by atoms with E-state index in [0.717, 1.165) is 44.7 Å². The molecule has 1 amide bonds. The van der Waals surface area contributed by atoms with Crippen molar-refractivity contribution >= 4 is 6.09 Å². The zero-order valence-corrected chi connectivity index (χ0v) is 13.0. The standard InChI is InChI=1S/C16H30N2O2/c1-2-3-13-20-16(19)18-11-7-15(8-12-18)14-17-9-5-4-6-10-17/h15H,2-14H2,1H3. The number of ether oxygens (including phenoxy) is 1. The lowest BCUT2D eigenvalue weighted by atomic mass is 9.95. The summed E-state index contributed by atoms with van der Waals surface area (Å²) < 4.78 is 5.28. The molecule has 2 rings (SSSR count). The van der Waals surface area contributed by atoms with Gasteiger partial charge in [0.15, 0.2) is 0 Å². The Hall–Kier alpha value is -0.770. The van der Waals surface area contributed by atoms with E-state index in [9.17, 15) is 4.79 Å². The fourth-order valence-electron chi connectivity index (χ4n) is 3.20. The van der Waals surface area contributed by atoms with Crippen molar-refractivity contribution in [1.82, 2.24) is 9.80 Å². The van der Waals surface area contributed by atoms with Gasteiger partial charge in [0, 0.05) is 19.6 Å². The number of carbonyl (C=O) groups excluding carboxylic acids is 1. The molecule has 0 N–H and O–H groups in total. The molecule has 0 bridgehead atoms. The van der Waals surface area contributed by atoms with Gasteiger partial charge in [-0.25, -0.2) is 4.79 Å². The predicted molar refractivity (Wildman–Crippen MR) is 80.8 cm³/mol. The van der Waals surface area contributed by atoms with Gasteiger partial charge in [-0.15, -0.1) is 0 Å². The number of piperidine rings is 2. The van der Waals surface area contributed by atoms with E-state index in [1.54, 1.807) is 0 Å². The van der Waals surface area contributed by atoms with E-state index in [2.05, 4.69) is 11.8 Å². The Morgan fingerprint density at radius 3 is 2.45 bits per heavy atom. The number of nitrogens with zero attached hydrogens (tertiary/aromatic N) is 2. The molecule has 0 spiro atoms. The van der Waals surface area contributed by atoms with E-state index in [1.165, 1.54) is 38.9 Å². The fraction of sp³-hybridized carbons (Fsp3) is 0.938. The molecule has 2 fully saturated rings. The van der Waals surface area contributed by atoms with Crippen molar-refractivity contribution in [2.45, 2.75) is 51.9 Å². The lowest BCUT2D eigenvalue weighted by Gasteiger charge is -2.35. The van der Waals surface area contributed by atoms with Gasteiger partial charge in [-0.1, -0.05) is 19.8 Å². The largest absolute Gasteiger partial charge is 0.449 e. The smallest absolute Gasteiger partial charge is 0.409 e. The van der Waals surface area contributed by atoms with Gasteiger partial charge >= 0.3 is 6.09 Å². The first kappa shape index (κ1) is 15.6. The normalized spacial score (nSPS) is 21.9. The number of unbranched alkanes of at least 4 members (excludes halogenated alkanes) is 1. The van der Waals surface area contributed by atoms with E-state index in [1.807, 2.05) is 4.90 Å². The zero-order chi connectivity index (χ0) is 14.2. The fourth-order valence-corrected chi connectivity index (χ4v) is 3.20. The molecule has 0 aromatic carbocycles. The van der Waals surface area contributed by atoms with Crippen molar-refractivity contribution in [3.63, 3.8) is 0 Å². The molecule has 4 nitrogen and oxygen atoms in total. The van der Waals surface area contributed by atoms with Gasteiger partial charge in [-0.2, -0.15) is 0 Å². The SMILES string of the molecule is CCCCOC(=O)N1CCC(CN2CCCCC2)CC1. The summed E-state index contributed by atoms with van der Waals surface area (Å²) in [6.07, 6.45) is 8.35. The zero-order valence-electron chi connectivity index (χ0n) is 13.0. The van der Waals surface area contributed by atoms with Gasteiger partial charge in [-0.05, 0) is 51.1 Å². The third-order valence-electron chi connectivity index (χ3n) is 4.56. The molecule has 20 heavy (non-hydrogen) atoms. The van der Waals surface area contributed by atoms with Crippen molar-refractivity contribution in [2.75, 3.05) is 39.3 Å². The third-order valence-corrected chi connectivity index (χ3v) is 4.56. The van der Waals surface area contributed by atoms with E-state index < -0.39 is 0 Å². The van der Waals surface area contributed by atoms with Crippen molar-refractivity contribution in [1.29, 1.82) is 0 Å². The molecule has 0 aromatic rings. The Bertz CT molecular complexity index is 282. The lowest BCUT2D eigenvalue weighted by Crippen LogP contribution is -2.42. The first-order chi connectivity index (χ1) is 9.79. The Labute approximate surface area is 123 Å². The molecule has 2 aliphatic heterocycles. The molecule has 0 aliphatic carbocycles. The maximum absolute atomic E-state index is 11.9. The predicted octanol–water partition coefficient (Wildman–Crippen LogP) is 3.12. The molecule has 0 radical (unpaired) electrons. The highest BCUT2D eigenvalue weighted by Gasteiger charge is 2.25. The van der Waals surface area contributed by atoms with Crippen LogP contribution in [0.2, 0.25) is 0 Å². The third kappa shape index (κ3) is 4.97. The highest BCUT2D eigenvalue weighted by atomic mass is 16.6. The lowest BCUT2D eigenvalue weighted by molar-refractivity contribution is 0.0796. The van der Waals surface area contributed by atoms with Crippen LogP contribution in [-0.2, 0) is 4.74 Å². The Kier molecular flexibility index (Phi) is 6.64. The molecule has 4 heteroatoms. The van der Waals surface area contributed by atoms with Crippen LogP contribution in [0, 0.1) is 5.92 Å². The second-order valence-electron chi connectivity index (χ2n) is 6.26. The summed E-state index contributed by atoms with van der Waals surface area (Å²) in [4.78, 5) is 16.4. The maximum Gasteiger partial charge on any atom is 0.409 e. The van der Waals surface area contributed by atoms with Crippen molar-refractivity contribution < 1.29 is 9.53 Å². The van der Waals surface area contributed by atoms with Crippen LogP contribution < -0.4 is 0 Å². The summed E-state index contributed by atoms with van der Waals surface area (Å²) in [6.45, 7) is 8.23. The quantitative estimate of drug-likeness (QED) is 0.726. The summed E-state index contributed by atoms with van der Waals surface area (Å²) in [5.74, 6) is 0.771. The van der Waals surface area contributed by atoms with Gasteiger partial charge in [0.1, 0.15) is 0 Å². The first-order valence-electron chi connectivity index (χ1n) is 8.43. The molecular formula is C16H30N2O2. The number of hydrogen-bond donors (Lipinski definition) is 0. The Morgan fingerprint density at radius 2 is 1.80 bits per heavy atom. The molecule has 2 aliphatic rings. The van der Waals surface area contributed by atoms with Crippen molar-refractivity contribution in [2.24, 2.45) is 5.92 Å². The van der Waals surface area contributed by atoms with Crippen LogP contribution in [-0.4, -0.2) is 55.2 Å². The van der Waals surface area contributed by atoms with Crippen LogP contribution >= 0.6 is 0 Å². The van der Waals surface area contributed by atoms with E-state index in [-0.39, 0.29) is 6.09 Å². The van der Waals surface area contributed by atoms with Gasteiger partial charge in [0.25, 0.3) is 0 Å². The Balaban J connectivity index is 1.62. The highest BCUT2D eigenvalue weighted by molar-refractivity contribution is 5.67. The molecule has 2 heterocycles. The summed E-state index contributed by atoms with van der Waals surface area (Å²) >= 11 is 0. The number of likely N-dealkylation sites (tertiary alicyclic amines) is 2. The van der Waals surface area contributed by atoms with Crippen molar-refractivity contribution in [3.05, 3.63) is 0 Å². The summed E-state index contributed by atoms with van der Waals surface area (Å²) in [5, 5.41) is 0. The van der Waals surface area contributed by atoms with Crippen molar-refractivity contribution in [3.8, 4) is 0 Å². The van der Waals surface area contributed by atoms with Gasteiger partial charge in [0.05, 0.1) is 6.61 Å². The molecule has 0 aromatic heterocycles. The number of amides is 1. The molecule has 0 saturated carbocycles. The second kappa shape index (κ2) is 8.50. The highest BCUT2D eigenvalue weighted by Crippen LogP contribution is 2.21. The summed E-state index contributed by atoms with van der Waals surface area (Å²) in [6, 6.07) is 0. The first-order valence-corrected chi connectivity index (χ1v) is 8.43. The maximum atomic E-state index is 11.9. The molecule has 116 valence electrons. The molecule has 0 unspecified atom stereocenters. The van der Waals surface area contributed by atoms with Crippen LogP contribution in [0.1, 0.15) is 51.9 Å². The number of rotatable bonds is 5. The molecule has 2 saturated heterocycles. The van der Waals surface area contributed by atoms with Crippen LogP contribution in [0.25, 0.3) is 0 Å². The minimum atomic E-state index is -0.102. The van der Waals surface area contributed by atoms with E-state index in [4.69, 9.17) is 4.74 Å². The Morgan fingerprint density at radius 1 is 1.10 bits per heavy atom. The molecular weight excluding hydrogens is 252 g/mol. The average molecular weight is 282 g/mol. The number of carbonyl (C=O) groups is 1. The van der Waals surface area contributed by atoms with Gasteiger partial charge < -0.3 is 14.5 Å². The van der Waals surface area contributed by atoms with Gasteiger partial charge in [0.2, 0.25) is 0 Å². The summed E-state index contributed by atoms with van der Waals surface area (Å²) in [7, 11) is 0. The number of hydrogen-bond acceptors (Lipinski definition) is 3. The monoisotopic (exact) mass is 282 g/mol. The second-order valence-corrected chi connectivity index (χ2v) is 6.26. The molecule has 0 atom stereocenters. The van der Waals surface area contributed by atoms with Crippen LogP contribution in [0.3, 0.4) is 0 Å². The average Bonchev–Trinajstić information content (AvgIpc) is 2.49. The van der Waals surface area contributed by atoms with E-state index in [0.29, 0.717) is 6.61 Å². The summed E-state index contributed by atoms with van der Waals surface area (Å²) in [5.41, 5.74) is 0.